The zero-order valence-corrected chi connectivity index (χ0v) is 11.1. The number of likely N-dealkylation sites (N-methyl/N-ethyl adjacent to an activating group) is 1. The van der Waals surface area contributed by atoms with Crippen LogP contribution >= 0.6 is 0 Å². The number of nitrogens with two attached hydrogens (primary N) is 1. The maximum atomic E-state index is 11.4. The van der Waals surface area contributed by atoms with Crippen LogP contribution in [0.25, 0.3) is 6.08 Å². The molecule has 0 aromatic heterocycles. The highest BCUT2D eigenvalue weighted by molar-refractivity contribution is 5.91. The third-order valence-corrected chi connectivity index (χ3v) is 2.35. The van der Waals surface area contributed by atoms with Gasteiger partial charge in [0.15, 0.2) is 0 Å². The Morgan fingerprint density at radius 1 is 1.44 bits per heavy atom. The minimum Gasteiger partial charge on any atom is -0.491 e. The number of nitrogen functional groups attached to an aromatic ring is 1. The number of carbonyl (C=O) groups excluding carboxylic acids is 1. The molecule has 0 spiro atoms. The van der Waals surface area contributed by atoms with Crippen LogP contribution < -0.4 is 10.5 Å². The molecule has 2 N–H and O–H groups in total. The standard InChI is InChI=1S/C14H20N2O2/c1-4-9-18-13-7-5-11(10-12(13)15)6-8-14(17)16(2)3/h5-8,10H,4,9,15H2,1-3H3/b8-6-. The van der Waals surface area contributed by atoms with Crippen molar-refractivity contribution < 1.29 is 9.53 Å². The zero-order chi connectivity index (χ0) is 13.5. The number of carbonyl (C=O) groups is 1. The maximum Gasteiger partial charge on any atom is 0.246 e. The van der Waals surface area contributed by atoms with E-state index in [9.17, 15) is 4.79 Å². The highest BCUT2D eigenvalue weighted by Gasteiger charge is 2.01. The van der Waals surface area contributed by atoms with Crippen LogP contribution in [-0.4, -0.2) is 31.5 Å². The summed E-state index contributed by atoms with van der Waals surface area (Å²) in [5.41, 5.74) is 7.34. The Morgan fingerprint density at radius 2 is 2.17 bits per heavy atom. The van der Waals surface area contributed by atoms with E-state index in [4.69, 9.17) is 10.5 Å². The molecule has 0 unspecified atom stereocenters. The maximum absolute atomic E-state index is 11.4. The van der Waals surface area contributed by atoms with Crippen LogP contribution in [0.5, 0.6) is 5.75 Å². The number of amides is 1. The molecule has 1 amide bonds. The van der Waals surface area contributed by atoms with Gasteiger partial charge < -0.3 is 15.4 Å². The molecule has 18 heavy (non-hydrogen) atoms. The lowest BCUT2D eigenvalue weighted by Gasteiger charge is -2.08. The quantitative estimate of drug-likeness (QED) is 0.641. The van der Waals surface area contributed by atoms with Gasteiger partial charge in [-0.1, -0.05) is 13.0 Å². The topological polar surface area (TPSA) is 55.6 Å². The second kappa shape index (κ2) is 6.69. The fourth-order valence-corrected chi connectivity index (χ4v) is 1.33. The minimum absolute atomic E-state index is 0.0557. The lowest BCUT2D eigenvalue weighted by Crippen LogP contribution is -2.18. The van der Waals surface area contributed by atoms with Crippen LogP contribution in [0.1, 0.15) is 18.9 Å². The summed E-state index contributed by atoms with van der Waals surface area (Å²) in [6, 6.07) is 5.50. The average Bonchev–Trinajstić information content (AvgIpc) is 2.34. The highest BCUT2D eigenvalue weighted by atomic mass is 16.5. The summed E-state index contributed by atoms with van der Waals surface area (Å²) < 4.78 is 5.48. The molecule has 98 valence electrons. The van der Waals surface area contributed by atoms with E-state index in [0.29, 0.717) is 18.0 Å². The molecule has 0 aliphatic rings. The molecule has 1 aromatic carbocycles. The predicted octanol–water partition coefficient (Wildman–Crippen LogP) is 2.16. The van der Waals surface area contributed by atoms with Crippen LogP contribution in [0.15, 0.2) is 24.3 Å². The second-order valence-electron chi connectivity index (χ2n) is 4.21. The molecular weight excluding hydrogens is 228 g/mol. The molecule has 0 saturated heterocycles. The summed E-state index contributed by atoms with van der Waals surface area (Å²) >= 11 is 0. The first-order valence-corrected chi connectivity index (χ1v) is 5.96. The molecular formula is C14H20N2O2. The Bertz CT molecular complexity index is 439. The third kappa shape index (κ3) is 4.13. The molecule has 1 rings (SSSR count). The van der Waals surface area contributed by atoms with Crippen LogP contribution in [0.4, 0.5) is 5.69 Å². The Hall–Kier alpha value is -1.97. The highest BCUT2D eigenvalue weighted by Crippen LogP contribution is 2.23. The number of benzene rings is 1. The summed E-state index contributed by atoms with van der Waals surface area (Å²) in [6.07, 6.45) is 4.20. The van der Waals surface area contributed by atoms with Gasteiger partial charge in [-0.15, -0.1) is 0 Å². The van der Waals surface area contributed by atoms with E-state index in [1.54, 1.807) is 26.2 Å². The third-order valence-electron chi connectivity index (χ3n) is 2.35. The van der Waals surface area contributed by atoms with E-state index in [2.05, 4.69) is 0 Å². The van der Waals surface area contributed by atoms with Gasteiger partial charge >= 0.3 is 0 Å². The van der Waals surface area contributed by atoms with Crippen molar-refractivity contribution in [3.05, 3.63) is 29.8 Å². The van der Waals surface area contributed by atoms with Gasteiger partial charge in [-0.2, -0.15) is 0 Å². The van der Waals surface area contributed by atoms with Gasteiger partial charge in [-0.05, 0) is 30.2 Å². The lowest BCUT2D eigenvalue weighted by molar-refractivity contribution is -0.123. The Kier molecular flexibility index (Phi) is 5.24. The summed E-state index contributed by atoms with van der Waals surface area (Å²) in [4.78, 5) is 12.9. The normalized spacial score (nSPS) is 10.6. The lowest BCUT2D eigenvalue weighted by atomic mass is 10.1. The first-order chi connectivity index (χ1) is 8.54. The molecule has 4 nitrogen and oxygen atoms in total. The predicted molar refractivity (Wildman–Crippen MR) is 74.4 cm³/mol. The van der Waals surface area contributed by atoms with Crippen molar-refractivity contribution in [1.82, 2.24) is 4.90 Å². The molecule has 4 heteroatoms. The van der Waals surface area contributed by atoms with Crippen molar-refractivity contribution in [2.45, 2.75) is 13.3 Å². The van der Waals surface area contributed by atoms with Gasteiger partial charge in [-0.3, -0.25) is 4.79 Å². The Morgan fingerprint density at radius 3 is 2.72 bits per heavy atom. The van der Waals surface area contributed by atoms with Crippen molar-refractivity contribution in [1.29, 1.82) is 0 Å². The fraction of sp³-hybridized carbons (Fsp3) is 0.357. The summed E-state index contributed by atoms with van der Waals surface area (Å²) in [6.45, 7) is 2.69. The number of hydrogen-bond donors (Lipinski definition) is 1. The van der Waals surface area contributed by atoms with Crippen LogP contribution in [0.2, 0.25) is 0 Å². The second-order valence-corrected chi connectivity index (χ2v) is 4.21. The van der Waals surface area contributed by atoms with Crippen molar-refractivity contribution in [2.75, 3.05) is 26.4 Å². The van der Waals surface area contributed by atoms with Crippen LogP contribution in [0, 0.1) is 0 Å². The minimum atomic E-state index is -0.0557. The number of anilines is 1. The zero-order valence-electron chi connectivity index (χ0n) is 11.1. The van der Waals surface area contributed by atoms with Gasteiger partial charge in [0.2, 0.25) is 5.91 Å². The number of hydrogen-bond acceptors (Lipinski definition) is 3. The Balaban J connectivity index is 2.75. The van der Waals surface area contributed by atoms with Crippen LogP contribution in [-0.2, 0) is 4.79 Å². The smallest absolute Gasteiger partial charge is 0.246 e. The summed E-state index contributed by atoms with van der Waals surface area (Å²) in [5.74, 6) is 0.632. The van der Waals surface area contributed by atoms with E-state index in [-0.39, 0.29) is 5.91 Å². The monoisotopic (exact) mass is 248 g/mol. The Labute approximate surface area is 108 Å². The molecule has 0 bridgehead atoms. The number of ether oxygens (including phenoxy) is 1. The largest absolute Gasteiger partial charge is 0.491 e. The molecule has 0 fully saturated rings. The molecule has 0 atom stereocenters. The molecule has 1 aromatic rings. The first kappa shape index (κ1) is 14.1. The van der Waals surface area contributed by atoms with E-state index < -0.39 is 0 Å². The van der Waals surface area contributed by atoms with Gasteiger partial charge in [-0.25, -0.2) is 0 Å². The first-order valence-electron chi connectivity index (χ1n) is 5.96. The van der Waals surface area contributed by atoms with E-state index in [0.717, 1.165) is 12.0 Å². The number of nitrogens with zero attached hydrogens (tertiary/aromatic N) is 1. The van der Waals surface area contributed by atoms with Gasteiger partial charge in [0, 0.05) is 20.2 Å². The van der Waals surface area contributed by atoms with Crippen molar-refractivity contribution >= 4 is 17.7 Å². The number of rotatable bonds is 5. The van der Waals surface area contributed by atoms with Gasteiger partial charge in [0.1, 0.15) is 5.75 Å². The van der Waals surface area contributed by atoms with Crippen molar-refractivity contribution in [3.8, 4) is 5.75 Å². The molecule has 0 radical (unpaired) electrons. The van der Waals surface area contributed by atoms with Crippen molar-refractivity contribution in [2.24, 2.45) is 0 Å². The van der Waals surface area contributed by atoms with E-state index >= 15 is 0 Å². The van der Waals surface area contributed by atoms with Crippen molar-refractivity contribution in [3.63, 3.8) is 0 Å². The SMILES string of the molecule is CCCOc1ccc(/C=C\C(=O)N(C)C)cc1N. The van der Waals surface area contributed by atoms with Gasteiger partial charge in [0.25, 0.3) is 0 Å². The average molecular weight is 248 g/mol. The van der Waals surface area contributed by atoms with Crippen LogP contribution in [0.3, 0.4) is 0 Å². The van der Waals surface area contributed by atoms with E-state index in [1.807, 2.05) is 19.1 Å². The van der Waals surface area contributed by atoms with E-state index in [1.165, 1.54) is 11.0 Å². The fourth-order valence-electron chi connectivity index (χ4n) is 1.33. The molecule has 0 aliphatic carbocycles. The molecule has 0 saturated carbocycles. The van der Waals surface area contributed by atoms with Gasteiger partial charge in [0.05, 0.1) is 12.3 Å². The summed E-state index contributed by atoms with van der Waals surface area (Å²) in [7, 11) is 3.42. The molecule has 0 heterocycles. The summed E-state index contributed by atoms with van der Waals surface area (Å²) in [5, 5.41) is 0. The molecule has 0 aliphatic heterocycles.